The van der Waals surface area contributed by atoms with Crippen molar-refractivity contribution < 1.29 is 9.26 Å². The summed E-state index contributed by atoms with van der Waals surface area (Å²) in [4.78, 5) is 2.59. The van der Waals surface area contributed by atoms with Gasteiger partial charge in [-0.2, -0.15) is 0 Å². The van der Waals surface area contributed by atoms with Gasteiger partial charge < -0.3 is 14.6 Å². The van der Waals surface area contributed by atoms with E-state index in [1.807, 2.05) is 18.2 Å². The van der Waals surface area contributed by atoms with Gasteiger partial charge in [0.1, 0.15) is 5.75 Å². The van der Waals surface area contributed by atoms with Crippen LogP contribution >= 0.6 is 0 Å². The molecule has 5 heteroatoms. The molecular weight excluding hydrogens is 278 g/mol. The summed E-state index contributed by atoms with van der Waals surface area (Å²) in [5.41, 5.74) is 0.916. The molecule has 3 saturated heterocycles. The van der Waals surface area contributed by atoms with Crippen LogP contribution in [0.5, 0.6) is 5.75 Å². The number of methoxy groups -OCH3 is 1. The molecule has 1 aromatic carbocycles. The van der Waals surface area contributed by atoms with Gasteiger partial charge in [-0.3, -0.25) is 4.90 Å². The zero-order valence-electron chi connectivity index (χ0n) is 13.4. The summed E-state index contributed by atoms with van der Waals surface area (Å²) >= 11 is 0. The summed E-state index contributed by atoms with van der Waals surface area (Å²) in [6.45, 7) is 7.10. The standard InChI is InChI=1S/C17H23N3O2/c1-17(2)15(11-6-8-20(17)9-7-11)18-16-13-5-4-12(21-3)10-14(13)22-19-16/h4-5,10-11,15H,6-9H2,1-3H3,(H,18,19)/t15-/m0/s1. The molecule has 0 amide bonds. The lowest BCUT2D eigenvalue weighted by Crippen LogP contribution is -2.66. The van der Waals surface area contributed by atoms with Gasteiger partial charge in [0, 0.05) is 17.6 Å². The van der Waals surface area contributed by atoms with Crippen molar-refractivity contribution in [1.82, 2.24) is 10.1 Å². The first-order chi connectivity index (χ1) is 10.6. The van der Waals surface area contributed by atoms with Crippen LogP contribution in [0.3, 0.4) is 0 Å². The van der Waals surface area contributed by atoms with Crippen molar-refractivity contribution in [3.63, 3.8) is 0 Å². The molecule has 2 aromatic rings. The Kier molecular flexibility index (Phi) is 3.08. The second-order valence-corrected chi connectivity index (χ2v) is 6.99. The highest BCUT2D eigenvalue weighted by atomic mass is 16.5. The fraction of sp³-hybridized carbons (Fsp3) is 0.588. The van der Waals surface area contributed by atoms with Gasteiger partial charge in [0.15, 0.2) is 11.4 Å². The van der Waals surface area contributed by atoms with Crippen LogP contribution in [0.2, 0.25) is 0 Å². The normalized spacial score (nSPS) is 29.7. The fourth-order valence-corrected chi connectivity index (χ4v) is 4.17. The Morgan fingerprint density at radius 2 is 2.09 bits per heavy atom. The van der Waals surface area contributed by atoms with E-state index in [-0.39, 0.29) is 5.54 Å². The molecule has 0 spiro atoms. The largest absolute Gasteiger partial charge is 0.497 e. The van der Waals surface area contributed by atoms with Gasteiger partial charge in [0.05, 0.1) is 12.5 Å². The Balaban J connectivity index is 1.66. The first-order valence-corrected chi connectivity index (χ1v) is 8.04. The summed E-state index contributed by atoms with van der Waals surface area (Å²) < 4.78 is 10.7. The van der Waals surface area contributed by atoms with Crippen LogP contribution in [0.1, 0.15) is 26.7 Å². The third-order valence-electron chi connectivity index (χ3n) is 5.56. The average Bonchev–Trinajstić information content (AvgIpc) is 2.93. The molecule has 0 aliphatic carbocycles. The predicted molar refractivity (Wildman–Crippen MR) is 86.3 cm³/mol. The Morgan fingerprint density at radius 3 is 2.77 bits per heavy atom. The molecular formula is C17H23N3O2. The highest BCUT2D eigenvalue weighted by Crippen LogP contribution is 2.41. The van der Waals surface area contributed by atoms with Crippen molar-refractivity contribution in [1.29, 1.82) is 0 Å². The number of ether oxygens (including phenoxy) is 1. The van der Waals surface area contributed by atoms with Crippen molar-refractivity contribution in [3.8, 4) is 5.75 Å². The van der Waals surface area contributed by atoms with E-state index in [1.54, 1.807) is 7.11 Å². The Bertz CT molecular complexity index is 686. The van der Waals surface area contributed by atoms with Gasteiger partial charge >= 0.3 is 0 Å². The lowest BCUT2D eigenvalue weighted by molar-refractivity contribution is -0.0189. The summed E-state index contributed by atoms with van der Waals surface area (Å²) in [7, 11) is 1.66. The molecule has 0 unspecified atom stereocenters. The second kappa shape index (κ2) is 4.88. The lowest BCUT2D eigenvalue weighted by Gasteiger charge is -2.56. The number of fused-ring (bicyclic) bond motifs is 4. The zero-order valence-corrected chi connectivity index (χ0v) is 13.4. The quantitative estimate of drug-likeness (QED) is 0.944. The highest BCUT2D eigenvalue weighted by molar-refractivity contribution is 5.89. The highest BCUT2D eigenvalue weighted by Gasteiger charge is 2.47. The zero-order chi connectivity index (χ0) is 15.3. The minimum absolute atomic E-state index is 0.152. The number of benzene rings is 1. The summed E-state index contributed by atoms with van der Waals surface area (Å²) in [5, 5.41) is 8.95. The molecule has 22 heavy (non-hydrogen) atoms. The van der Waals surface area contributed by atoms with Gasteiger partial charge in [-0.05, 0) is 57.8 Å². The molecule has 3 aliphatic rings. The maximum absolute atomic E-state index is 5.48. The van der Waals surface area contributed by atoms with Crippen LogP contribution in [0.25, 0.3) is 11.0 Å². The summed E-state index contributed by atoms with van der Waals surface area (Å²) in [6.07, 6.45) is 2.54. The Hall–Kier alpha value is -1.75. The van der Waals surface area contributed by atoms with E-state index < -0.39 is 0 Å². The molecule has 1 aromatic heterocycles. The number of nitrogens with one attached hydrogen (secondary N) is 1. The van der Waals surface area contributed by atoms with Gasteiger partial charge in [0.2, 0.25) is 0 Å². The third-order valence-corrected chi connectivity index (χ3v) is 5.56. The van der Waals surface area contributed by atoms with Crippen molar-refractivity contribution in [3.05, 3.63) is 18.2 Å². The van der Waals surface area contributed by atoms with Gasteiger partial charge in [-0.15, -0.1) is 0 Å². The van der Waals surface area contributed by atoms with Gasteiger partial charge in [-0.1, -0.05) is 5.16 Å². The molecule has 0 radical (unpaired) electrons. The van der Waals surface area contributed by atoms with Crippen LogP contribution in [0.15, 0.2) is 22.7 Å². The monoisotopic (exact) mass is 301 g/mol. The SMILES string of the molecule is COc1ccc2c(N[C@H]3C4CCN(CC4)C3(C)C)noc2c1. The molecule has 118 valence electrons. The number of hydrogen-bond acceptors (Lipinski definition) is 5. The molecule has 1 N–H and O–H groups in total. The fourth-order valence-electron chi connectivity index (χ4n) is 4.17. The molecule has 4 heterocycles. The Labute approximate surface area is 130 Å². The summed E-state index contributed by atoms with van der Waals surface area (Å²) in [6, 6.07) is 6.26. The molecule has 0 saturated carbocycles. The predicted octanol–water partition coefficient (Wildman–Crippen LogP) is 3.12. The van der Waals surface area contributed by atoms with Crippen LogP contribution in [-0.2, 0) is 0 Å². The van der Waals surface area contributed by atoms with Crippen LogP contribution < -0.4 is 10.1 Å². The maximum Gasteiger partial charge on any atom is 0.177 e. The minimum atomic E-state index is 0.152. The number of rotatable bonds is 3. The topological polar surface area (TPSA) is 50.5 Å². The van der Waals surface area contributed by atoms with E-state index in [2.05, 4.69) is 29.2 Å². The first-order valence-electron chi connectivity index (χ1n) is 8.04. The minimum Gasteiger partial charge on any atom is -0.497 e. The van der Waals surface area contributed by atoms with Crippen LogP contribution in [0.4, 0.5) is 5.82 Å². The number of hydrogen-bond donors (Lipinski definition) is 1. The van der Waals surface area contributed by atoms with Crippen molar-refractivity contribution >= 4 is 16.8 Å². The first kappa shape index (κ1) is 13.9. The average molecular weight is 301 g/mol. The molecule has 2 bridgehead atoms. The van der Waals surface area contributed by atoms with Crippen molar-refractivity contribution in [2.24, 2.45) is 5.92 Å². The second-order valence-electron chi connectivity index (χ2n) is 6.99. The van der Waals surface area contributed by atoms with Crippen LogP contribution in [-0.4, -0.2) is 41.8 Å². The number of aromatic nitrogens is 1. The van der Waals surface area contributed by atoms with E-state index in [1.165, 1.54) is 25.9 Å². The lowest BCUT2D eigenvalue weighted by atomic mass is 9.72. The number of nitrogens with zero attached hydrogens (tertiary/aromatic N) is 2. The molecule has 3 fully saturated rings. The van der Waals surface area contributed by atoms with Crippen LogP contribution in [0, 0.1) is 5.92 Å². The smallest absolute Gasteiger partial charge is 0.177 e. The van der Waals surface area contributed by atoms with Crippen molar-refractivity contribution in [2.75, 3.05) is 25.5 Å². The van der Waals surface area contributed by atoms with E-state index in [0.717, 1.165) is 22.5 Å². The summed E-state index contributed by atoms with van der Waals surface area (Å²) in [5.74, 6) is 2.35. The number of anilines is 1. The molecule has 1 atom stereocenters. The van der Waals surface area contributed by atoms with E-state index in [4.69, 9.17) is 9.26 Å². The Morgan fingerprint density at radius 1 is 1.32 bits per heavy atom. The molecule has 5 rings (SSSR count). The molecule has 3 aliphatic heterocycles. The van der Waals surface area contributed by atoms with E-state index in [0.29, 0.717) is 12.0 Å². The van der Waals surface area contributed by atoms with Gasteiger partial charge in [0.25, 0.3) is 0 Å². The molecule has 5 nitrogen and oxygen atoms in total. The van der Waals surface area contributed by atoms with E-state index in [9.17, 15) is 0 Å². The number of piperidine rings is 3. The van der Waals surface area contributed by atoms with Gasteiger partial charge in [-0.25, -0.2) is 0 Å². The third kappa shape index (κ3) is 1.99. The maximum atomic E-state index is 5.48. The van der Waals surface area contributed by atoms with Crippen molar-refractivity contribution in [2.45, 2.75) is 38.3 Å². The van der Waals surface area contributed by atoms with E-state index >= 15 is 0 Å².